The molecule has 1 aliphatic carbocycles. The fourth-order valence-corrected chi connectivity index (χ4v) is 6.27. The van der Waals surface area contributed by atoms with E-state index in [1.165, 1.54) is 12.1 Å². The van der Waals surface area contributed by atoms with Crippen molar-refractivity contribution in [2.24, 2.45) is 0 Å². The number of carboxylic acids is 1. The van der Waals surface area contributed by atoms with Crippen LogP contribution >= 0.6 is 23.2 Å². The van der Waals surface area contributed by atoms with Crippen LogP contribution in [0.2, 0.25) is 10.0 Å². The first kappa shape index (κ1) is 24.2. The number of aromatic nitrogens is 1. The second-order valence-corrected chi connectivity index (χ2v) is 10.7. The van der Waals surface area contributed by atoms with Crippen LogP contribution in [0.15, 0.2) is 40.9 Å². The summed E-state index contributed by atoms with van der Waals surface area (Å²) in [5.74, 6) is -1.65. The number of hydrogen-bond donors (Lipinski definition) is 1. The van der Waals surface area contributed by atoms with Crippen molar-refractivity contribution in [2.45, 2.75) is 62.6 Å². The Morgan fingerprint density at radius 1 is 1.05 bits per heavy atom. The van der Waals surface area contributed by atoms with E-state index in [2.05, 4.69) is 5.16 Å². The maximum Gasteiger partial charge on any atom is 0.344 e. The van der Waals surface area contributed by atoms with Crippen LogP contribution in [0.25, 0.3) is 11.3 Å². The second kappa shape index (κ2) is 9.33. The number of carboxylic acid groups (broad SMARTS) is 1. The molecule has 3 aliphatic rings. The van der Waals surface area contributed by atoms with Gasteiger partial charge in [0.2, 0.25) is 0 Å². The van der Waals surface area contributed by atoms with Crippen LogP contribution < -0.4 is 4.90 Å². The number of carbonyl (C=O) groups is 2. The lowest BCUT2D eigenvalue weighted by molar-refractivity contribution is 0.0202. The first-order valence-electron chi connectivity index (χ1n) is 12.3. The van der Waals surface area contributed by atoms with Crippen molar-refractivity contribution in [1.82, 2.24) is 5.16 Å². The van der Waals surface area contributed by atoms with Crippen LogP contribution in [0.1, 0.15) is 70.9 Å². The topological polar surface area (TPSA) is 92.9 Å². The van der Waals surface area contributed by atoms with Gasteiger partial charge in [-0.2, -0.15) is 0 Å². The van der Waals surface area contributed by atoms with Gasteiger partial charge in [-0.3, -0.25) is 0 Å². The van der Waals surface area contributed by atoms with Crippen molar-refractivity contribution in [1.29, 1.82) is 0 Å². The first-order valence-corrected chi connectivity index (χ1v) is 13.0. The van der Waals surface area contributed by atoms with Crippen molar-refractivity contribution in [3.8, 4) is 11.3 Å². The molecule has 0 radical (unpaired) electrons. The van der Waals surface area contributed by atoms with E-state index in [1.807, 2.05) is 4.90 Å². The van der Waals surface area contributed by atoms with Gasteiger partial charge in [-0.25, -0.2) is 14.0 Å². The smallest absolute Gasteiger partial charge is 0.344 e. The summed E-state index contributed by atoms with van der Waals surface area (Å²) in [5, 5.41) is 14.0. The summed E-state index contributed by atoms with van der Waals surface area (Å²) in [4.78, 5) is 26.7. The van der Waals surface area contributed by atoms with E-state index in [9.17, 15) is 14.0 Å². The molecule has 1 aromatic heterocycles. The minimum Gasteiger partial charge on any atom is -0.478 e. The molecule has 3 aromatic rings. The third-order valence-corrected chi connectivity index (χ3v) is 8.14. The van der Waals surface area contributed by atoms with Crippen LogP contribution in [-0.4, -0.2) is 40.4 Å². The largest absolute Gasteiger partial charge is 0.478 e. The van der Waals surface area contributed by atoms with Gasteiger partial charge < -0.3 is 19.3 Å². The van der Waals surface area contributed by atoms with Gasteiger partial charge in [0.05, 0.1) is 21.3 Å². The van der Waals surface area contributed by atoms with Crippen LogP contribution in [-0.2, 0) is 4.74 Å². The highest BCUT2D eigenvalue weighted by molar-refractivity contribution is 6.39. The van der Waals surface area contributed by atoms with Crippen LogP contribution in [0, 0.1) is 5.82 Å². The van der Waals surface area contributed by atoms with Gasteiger partial charge >= 0.3 is 11.9 Å². The second-order valence-electron chi connectivity index (χ2n) is 9.90. The van der Waals surface area contributed by atoms with E-state index in [0.717, 1.165) is 31.7 Å². The number of piperidine rings is 1. The number of hydrogen-bond acceptors (Lipinski definition) is 6. The molecular formula is C27H23Cl2FN2O5. The molecule has 6 rings (SSSR count). The van der Waals surface area contributed by atoms with E-state index in [1.54, 1.807) is 18.2 Å². The third-order valence-electron chi connectivity index (χ3n) is 7.51. The standard InChI is InChI=1S/C27H23Cl2FN2O5/c28-18-2-1-3-19(29)22(18)24-23(25(37-31-24)13-4-5-13)27(35)36-17-11-15-7-8-16(12-17)32(15)21-9-6-14(26(33)34)10-20(21)30/h1-3,6,9-10,13,15-17H,4-5,7-8,11-12H2,(H,33,34)/t15-,16+,17-. The Hall–Kier alpha value is -3.10. The summed E-state index contributed by atoms with van der Waals surface area (Å²) < 4.78 is 26.5. The number of nitrogens with zero attached hydrogens (tertiary/aromatic N) is 2. The van der Waals surface area contributed by atoms with E-state index >= 15 is 0 Å². The highest BCUT2D eigenvalue weighted by Gasteiger charge is 2.44. The van der Waals surface area contributed by atoms with Crippen LogP contribution in [0.4, 0.5) is 10.1 Å². The summed E-state index contributed by atoms with van der Waals surface area (Å²) in [6, 6.07) is 9.02. The minimum atomic E-state index is -1.17. The Morgan fingerprint density at radius 3 is 2.32 bits per heavy atom. The Balaban J connectivity index is 1.24. The molecule has 3 atom stereocenters. The average molecular weight is 545 g/mol. The fraction of sp³-hybridized carbons (Fsp3) is 0.370. The highest BCUT2D eigenvalue weighted by Crippen LogP contribution is 2.47. The fourth-order valence-electron chi connectivity index (χ4n) is 5.70. The molecule has 3 heterocycles. The van der Waals surface area contributed by atoms with Gasteiger partial charge in [-0.15, -0.1) is 0 Å². The predicted octanol–water partition coefficient (Wildman–Crippen LogP) is 6.72. The molecule has 0 spiro atoms. The van der Waals surface area contributed by atoms with Crippen molar-refractivity contribution < 1.29 is 28.3 Å². The van der Waals surface area contributed by atoms with Crippen LogP contribution in [0.5, 0.6) is 0 Å². The number of rotatable bonds is 6. The lowest BCUT2D eigenvalue weighted by Gasteiger charge is -2.40. The number of ether oxygens (including phenoxy) is 1. The van der Waals surface area contributed by atoms with E-state index in [0.29, 0.717) is 39.9 Å². The molecule has 10 heteroatoms. The molecule has 37 heavy (non-hydrogen) atoms. The molecule has 2 aliphatic heterocycles. The molecule has 7 nitrogen and oxygen atoms in total. The maximum absolute atomic E-state index is 14.8. The monoisotopic (exact) mass is 544 g/mol. The number of aromatic carboxylic acids is 1. The third kappa shape index (κ3) is 4.36. The van der Waals surface area contributed by atoms with Crippen molar-refractivity contribution in [3.05, 3.63) is 69.1 Å². The lowest BCUT2D eigenvalue weighted by atomic mass is 9.98. The zero-order valence-corrected chi connectivity index (χ0v) is 21.1. The van der Waals surface area contributed by atoms with Crippen molar-refractivity contribution in [2.75, 3.05) is 4.90 Å². The summed E-state index contributed by atoms with van der Waals surface area (Å²) in [7, 11) is 0. The number of anilines is 1. The van der Waals surface area contributed by atoms with Gasteiger partial charge in [-0.1, -0.05) is 34.4 Å². The quantitative estimate of drug-likeness (QED) is 0.344. The Bertz CT molecular complexity index is 1370. The molecule has 192 valence electrons. The van der Waals surface area contributed by atoms with E-state index in [-0.39, 0.29) is 40.9 Å². The molecular weight excluding hydrogens is 522 g/mol. The van der Waals surface area contributed by atoms with Gasteiger partial charge in [0, 0.05) is 36.4 Å². The first-order chi connectivity index (χ1) is 17.8. The van der Waals surface area contributed by atoms with Crippen molar-refractivity contribution >= 4 is 40.8 Å². The molecule has 3 fully saturated rings. The summed E-state index contributed by atoms with van der Waals surface area (Å²) >= 11 is 12.8. The van der Waals surface area contributed by atoms with Crippen LogP contribution in [0.3, 0.4) is 0 Å². The Labute approximate surface area is 222 Å². The van der Waals surface area contributed by atoms with Gasteiger partial charge in [0.15, 0.2) is 5.76 Å². The lowest BCUT2D eigenvalue weighted by Crippen LogP contribution is -2.46. The average Bonchev–Trinajstić information content (AvgIpc) is 3.55. The zero-order valence-electron chi connectivity index (χ0n) is 19.6. The summed E-state index contributed by atoms with van der Waals surface area (Å²) in [6.07, 6.45) is 4.18. The van der Waals surface area contributed by atoms with Crippen molar-refractivity contribution in [3.63, 3.8) is 0 Å². The summed E-state index contributed by atoms with van der Waals surface area (Å²) in [5.41, 5.74) is 1.27. The predicted molar refractivity (Wildman–Crippen MR) is 135 cm³/mol. The maximum atomic E-state index is 14.8. The normalized spacial score (nSPS) is 22.8. The SMILES string of the molecule is O=C(O)c1ccc(N2[C@@H]3CC[C@H]2C[C@H](OC(=O)c2c(-c4c(Cl)cccc4Cl)noc2C2CC2)C3)c(F)c1. The van der Waals surface area contributed by atoms with E-state index < -0.39 is 17.8 Å². The number of halogens is 3. The molecule has 2 aromatic carbocycles. The molecule has 0 amide bonds. The van der Waals surface area contributed by atoms with Gasteiger partial charge in [0.1, 0.15) is 23.2 Å². The molecule has 2 saturated heterocycles. The molecule has 2 bridgehead atoms. The number of esters is 1. The number of carbonyl (C=O) groups excluding carboxylic acids is 1. The zero-order chi connectivity index (χ0) is 25.8. The minimum absolute atomic E-state index is 0.0235. The molecule has 1 N–H and O–H groups in total. The van der Waals surface area contributed by atoms with Gasteiger partial charge in [-0.05, 0) is 56.0 Å². The Morgan fingerprint density at radius 2 is 1.73 bits per heavy atom. The van der Waals surface area contributed by atoms with Gasteiger partial charge in [0.25, 0.3) is 0 Å². The summed E-state index contributed by atoms with van der Waals surface area (Å²) in [6.45, 7) is 0. The number of benzene rings is 2. The molecule has 1 saturated carbocycles. The number of fused-ring (bicyclic) bond motifs is 2. The van der Waals surface area contributed by atoms with E-state index in [4.69, 9.17) is 37.6 Å². The molecule has 0 unspecified atom stereocenters. The highest BCUT2D eigenvalue weighted by atomic mass is 35.5. The Kier molecular flexibility index (Phi) is 6.12.